The Labute approximate surface area is 166 Å². The van der Waals surface area contributed by atoms with Crippen LogP contribution in [0.3, 0.4) is 0 Å². The number of benzene rings is 2. The number of nitrogens with zero attached hydrogens (tertiary/aromatic N) is 1. The number of nitrogens with one attached hydrogen (secondary N) is 1. The van der Waals surface area contributed by atoms with Crippen LogP contribution in [0.4, 0.5) is 4.39 Å². The number of allylic oxidation sites excluding steroid dienone is 1. The van der Waals surface area contributed by atoms with Gasteiger partial charge in [-0.2, -0.15) is 0 Å². The quantitative estimate of drug-likeness (QED) is 0.765. The molecule has 28 heavy (non-hydrogen) atoms. The molecule has 2 aromatic rings. The summed E-state index contributed by atoms with van der Waals surface area (Å²) in [6, 6.07) is 14.6. The predicted molar refractivity (Wildman–Crippen MR) is 108 cm³/mol. The van der Waals surface area contributed by atoms with E-state index in [2.05, 4.69) is 10.2 Å². The second kappa shape index (κ2) is 9.51. The van der Waals surface area contributed by atoms with Crippen molar-refractivity contribution in [2.45, 2.75) is 26.5 Å². The summed E-state index contributed by atoms with van der Waals surface area (Å²) in [5.41, 5.74) is 1.61. The van der Waals surface area contributed by atoms with Crippen molar-refractivity contribution in [3.05, 3.63) is 77.6 Å². The van der Waals surface area contributed by atoms with Crippen LogP contribution in [-0.4, -0.2) is 30.4 Å². The Bertz CT molecular complexity index is 835. The normalized spacial score (nSPS) is 17.2. The van der Waals surface area contributed by atoms with Crippen molar-refractivity contribution in [2.24, 2.45) is 5.92 Å². The molecule has 4 nitrogen and oxygen atoms in total. The maximum Gasteiger partial charge on any atom is 0.243 e. The Balaban J connectivity index is 1.70. The predicted octanol–water partition coefficient (Wildman–Crippen LogP) is 4.09. The molecule has 1 atom stereocenters. The summed E-state index contributed by atoms with van der Waals surface area (Å²) in [7, 11) is 0. The molecule has 1 N–H and O–H groups in total. The lowest BCUT2D eigenvalue weighted by Crippen LogP contribution is -2.36. The molecule has 1 aliphatic rings. The number of halogens is 1. The molecule has 148 valence electrons. The highest BCUT2D eigenvalue weighted by molar-refractivity contribution is 5.87. The van der Waals surface area contributed by atoms with Gasteiger partial charge in [0.05, 0.1) is 0 Å². The lowest BCUT2D eigenvalue weighted by Gasteiger charge is -2.24. The van der Waals surface area contributed by atoms with Gasteiger partial charge in [0.2, 0.25) is 5.91 Å². The number of hydrogen-bond acceptors (Lipinski definition) is 3. The number of amides is 1. The third-order valence-corrected chi connectivity index (χ3v) is 4.67. The summed E-state index contributed by atoms with van der Waals surface area (Å²) in [6.07, 6.45) is 3.05. The maximum absolute atomic E-state index is 14.4. The second-order valence-electron chi connectivity index (χ2n) is 7.37. The highest BCUT2D eigenvalue weighted by Crippen LogP contribution is 2.31. The zero-order chi connectivity index (χ0) is 19.9. The van der Waals surface area contributed by atoms with E-state index in [1.165, 1.54) is 6.07 Å². The van der Waals surface area contributed by atoms with Crippen LogP contribution in [0, 0.1) is 11.7 Å². The van der Waals surface area contributed by atoms with E-state index in [0.29, 0.717) is 37.7 Å². The molecule has 1 amide bonds. The smallest absolute Gasteiger partial charge is 0.243 e. The van der Waals surface area contributed by atoms with Crippen LogP contribution in [0.1, 0.15) is 31.1 Å². The standard InChI is InChI=1S/C23H27FN2O2/c1-17(2)11-12-23(27)25-13-14-26-15-18-7-3-6-10-21(18)28-22(16-26)19-8-4-5-9-20(19)24/h3-12,17,22H,13-16H2,1-2H3,(H,25,27)/b12-11+/t22-/m0/s1. The van der Waals surface area contributed by atoms with Crippen molar-refractivity contribution in [2.75, 3.05) is 19.6 Å². The zero-order valence-electron chi connectivity index (χ0n) is 16.4. The molecule has 0 saturated heterocycles. The number of hydrogen-bond donors (Lipinski definition) is 1. The van der Waals surface area contributed by atoms with Gasteiger partial charge in [0.1, 0.15) is 17.7 Å². The SMILES string of the molecule is CC(C)/C=C/C(=O)NCCN1Cc2ccccc2O[C@H](c2ccccc2F)C1. The van der Waals surface area contributed by atoms with Crippen LogP contribution >= 0.6 is 0 Å². The molecule has 3 rings (SSSR count). The second-order valence-corrected chi connectivity index (χ2v) is 7.37. The van der Waals surface area contributed by atoms with Crippen molar-refractivity contribution in [3.63, 3.8) is 0 Å². The third kappa shape index (κ3) is 5.42. The lowest BCUT2D eigenvalue weighted by atomic mass is 10.1. The van der Waals surface area contributed by atoms with E-state index in [4.69, 9.17) is 4.74 Å². The van der Waals surface area contributed by atoms with Gasteiger partial charge in [0.25, 0.3) is 0 Å². The fraction of sp³-hybridized carbons (Fsp3) is 0.348. The van der Waals surface area contributed by atoms with Crippen LogP contribution in [0.5, 0.6) is 5.75 Å². The Morgan fingerprint density at radius 1 is 1.25 bits per heavy atom. The number of carbonyl (C=O) groups excluding carboxylic acids is 1. The summed E-state index contributed by atoms with van der Waals surface area (Å²) < 4.78 is 20.5. The lowest BCUT2D eigenvalue weighted by molar-refractivity contribution is -0.116. The van der Waals surface area contributed by atoms with Gasteiger partial charge in [0.15, 0.2) is 0 Å². The van der Waals surface area contributed by atoms with Crippen molar-refractivity contribution in [1.82, 2.24) is 10.2 Å². The van der Waals surface area contributed by atoms with Gasteiger partial charge in [-0.05, 0) is 24.1 Å². The van der Waals surface area contributed by atoms with Crippen molar-refractivity contribution >= 4 is 5.91 Å². The average molecular weight is 382 g/mol. The summed E-state index contributed by atoms with van der Waals surface area (Å²) in [4.78, 5) is 14.1. The van der Waals surface area contributed by atoms with Crippen molar-refractivity contribution in [1.29, 1.82) is 0 Å². The largest absolute Gasteiger partial charge is 0.484 e. The zero-order valence-corrected chi connectivity index (χ0v) is 16.4. The topological polar surface area (TPSA) is 41.6 Å². The summed E-state index contributed by atoms with van der Waals surface area (Å²) in [6.45, 7) is 6.48. The van der Waals surface area contributed by atoms with Crippen LogP contribution in [0.25, 0.3) is 0 Å². The summed E-state index contributed by atoms with van der Waals surface area (Å²) >= 11 is 0. The van der Waals surface area contributed by atoms with Gasteiger partial charge in [-0.15, -0.1) is 0 Å². The fourth-order valence-corrected chi connectivity index (χ4v) is 3.22. The molecular weight excluding hydrogens is 355 g/mol. The van der Waals surface area contributed by atoms with Gasteiger partial charge in [-0.1, -0.05) is 56.3 Å². The molecule has 5 heteroatoms. The van der Waals surface area contributed by atoms with Gasteiger partial charge >= 0.3 is 0 Å². The summed E-state index contributed by atoms with van der Waals surface area (Å²) in [5, 5.41) is 2.91. The Morgan fingerprint density at radius 2 is 2.00 bits per heavy atom. The van der Waals surface area contributed by atoms with Crippen LogP contribution < -0.4 is 10.1 Å². The maximum atomic E-state index is 14.4. The Kier molecular flexibility index (Phi) is 6.82. The minimum atomic E-state index is -0.401. The van der Waals surface area contributed by atoms with E-state index in [1.54, 1.807) is 18.2 Å². The Hall–Kier alpha value is -2.66. The molecule has 0 fully saturated rings. The van der Waals surface area contributed by atoms with E-state index in [9.17, 15) is 9.18 Å². The molecule has 0 aliphatic carbocycles. The third-order valence-electron chi connectivity index (χ3n) is 4.67. The van der Waals surface area contributed by atoms with Gasteiger partial charge in [0, 0.05) is 37.3 Å². The molecule has 0 saturated carbocycles. The first-order valence-electron chi connectivity index (χ1n) is 9.70. The van der Waals surface area contributed by atoms with Gasteiger partial charge < -0.3 is 10.1 Å². The van der Waals surface area contributed by atoms with Crippen molar-refractivity contribution < 1.29 is 13.9 Å². The average Bonchev–Trinajstić information content (AvgIpc) is 2.86. The number of rotatable bonds is 6. The molecule has 0 bridgehead atoms. The highest BCUT2D eigenvalue weighted by atomic mass is 19.1. The number of carbonyl (C=O) groups is 1. The van der Waals surface area contributed by atoms with E-state index >= 15 is 0 Å². The molecule has 0 aromatic heterocycles. The van der Waals surface area contributed by atoms with Gasteiger partial charge in [-0.25, -0.2) is 4.39 Å². The molecule has 1 aliphatic heterocycles. The Morgan fingerprint density at radius 3 is 2.79 bits per heavy atom. The minimum absolute atomic E-state index is 0.0918. The van der Waals surface area contributed by atoms with E-state index in [0.717, 1.165) is 11.3 Å². The molecular formula is C23H27FN2O2. The van der Waals surface area contributed by atoms with Gasteiger partial charge in [-0.3, -0.25) is 9.69 Å². The number of ether oxygens (including phenoxy) is 1. The molecule has 1 heterocycles. The monoisotopic (exact) mass is 382 g/mol. The van der Waals surface area contributed by atoms with E-state index in [-0.39, 0.29) is 11.7 Å². The van der Waals surface area contributed by atoms with Crippen LogP contribution in [0.2, 0.25) is 0 Å². The van der Waals surface area contributed by atoms with E-state index in [1.807, 2.05) is 50.3 Å². The number of para-hydroxylation sites is 1. The molecule has 0 radical (unpaired) electrons. The fourth-order valence-electron chi connectivity index (χ4n) is 3.22. The molecule has 0 spiro atoms. The first-order valence-corrected chi connectivity index (χ1v) is 9.70. The van der Waals surface area contributed by atoms with E-state index < -0.39 is 6.10 Å². The highest BCUT2D eigenvalue weighted by Gasteiger charge is 2.25. The number of fused-ring (bicyclic) bond motifs is 1. The van der Waals surface area contributed by atoms with Crippen LogP contribution in [0.15, 0.2) is 60.7 Å². The van der Waals surface area contributed by atoms with Crippen LogP contribution in [-0.2, 0) is 11.3 Å². The molecule has 0 unspecified atom stereocenters. The minimum Gasteiger partial charge on any atom is -0.484 e. The first-order chi connectivity index (χ1) is 13.5. The van der Waals surface area contributed by atoms with Crippen molar-refractivity contribution in [3.8, 4) is 5.75 Å². The first kappa shape index (κ1) is 20.1. The molecule has 2 aromatic carbocycles. The summed E-state index contributed by atoms with van der Waals surface area (Å²) in [5.74, 6) is 0.762.